The molecule has 0 amide bonds. The van der Waals surface area contributed by atoms with Crippen molar-refractivity contribution in [2.45, 2.75) is 83.0 Å². The van der Waals surface area contributed by atoms with E-state index in [1.165, 1.54) is 35.0 Å². The lowest BCUT2D eigenvalue weighted by Gasteiger charge is -2.47. The molecule has 1 unspecified atom stereocenters. The lowest BCUT2D eigenvalue weighted by atomic mass is 9.79. The largest absolute Gasteiger partial charge is 0.307 e. The molecule has 0 radical (unpaired) electrons. The highest BCUT2D eigenvalue weighted by Crippen LogP contribution is 2.38. The van der Waals surface area contributed by atoms with Gasteiger partial charge >= 0.3 is 0 Å². The number of fused-ring (bicyclic) bond motifs is 1. The number of aryl methyl sites for hydroxylation is 1. The Hall–Kier alpha value is 0.350. The molecule has 1 aliphatic carbocycles. The fourth-order valence-corrected chi connectivity index (χ4v) is 6.54. The van der Waals surface area contributed by atoms with Crippen LogP contribution in [0.3, 0.4) is 0 Å². The van der Waals surface area contributed by atoms with Crippen LogP contribution in [0.4, 0.5) is 0 Å². The zero-order valence-corrected chi connectivity index (χ0v) is 16.5. The van der Waals surface area contributed by atoms with Gasteiger partial charge in [-0.2, -0.15) is 0 Å². The van der Waals surface area contributed by atoms with Gasteiger partial charge in [-0.3, -0.25) is 0 Å². The topological polar surface area (TPSA) is 24.1 Å². The van der Waals surface area contributed by atoms with Crippen LogP contribution in [0.1, 0.15) is 69.9 Å². The first-order chi connectivity index (χ1) is 9.74. The van der Waals surface area contributed by atoms with E-state index < -0.39 is 0 Å². The SMILES string of the molecule is CC1(C)CC(NC2CCCc3sc(I)cc32)CC(C)(C)N1. The van der Waals surface area contributed by atoms with Crippen LogP contribution in [0, 0.1) is 2.88 Å². The third kappa shape index (κ3) is 3.82. The highest BCUT2D eigenvalue weighted by Gasteiger charge is 2.38. The van der Waals surface area contributed by atoms with Gasteiger partial charge in [-0.15, -0.1) is 11.3 Å². The van der Waals surface area contributed by atoms with Gasteiger partial charge < -0.3 is 10.6 Å². The molecular formula is C17H27IN2S. The smallest absolute Gasteiger partial charge is 0.0659 e. The number of hydrogen-bond acceptors (Lipinski definition) is 3. The standard InChI is InChI=1S/C17H27IN2S/c1-16(2)9-11(10-17(3,4)20-16)19-13-6-5-7-14-12(13)8-15(18)21-14/h8,11,13,19-20H,5-7,9-10H2,1-4H3. The van der Waals surface area contributed by atoms with E-state index in [-0.39, 0.29) is 11.1 Å². The summed E-state index contributed by atoms with van der Waals surface area (Å²) in [6.07, 6.45) is 6.33. The van der Waals surface area contributed by atoms with E-state index in [1.807, 2.05) is 11.3 Å². The Morgan fingerprint density at radius 2 is 1.90 bits per heavy atom. The van der Waals surface area contributed by atoms with Crippen molar-refractivity contribution >= 4 is 33.9 Å². The van der Waals surface area contributed by atoms with Crippen molar-refractivity contribution in [2.24, 2.45) is 0 Å². The number of halogens is 1. The summed E-state index contributed by atoms with van der Waals surface area (Å²) in [5.41, 5.74) is 2.03. The molecule has 2 nitrogen and oxygen atoms in total. The molecule has 3 rings (SSSR count). The van der Waals surface area contributed by atoms with E-state index in [0.29, 0.717) is 12.1 Å². The summed E-state index contributed by atoms with van der Waals surface area (Å²) in [5.74, 6) is 0. The second-order valence-corrected chi connectivity index (χ2v) is 11.1. The van der Waals surface area contributed by atoms with Crippen LogP contribution in [0.5, 0.6) is 0 Å². The van der Waals surface area contributed by atoms with E-state index in [1.54, 1.807) is 10.4 Å². The molecule has 2 N–H and O–H groups in total. The van der Waals surface area contributed by atoms with Gasteiger partial charge in [0.15, 0.2) is 0 Å². The fraction of sp³-hybridized carbons (Fsp3) is 0.765. The third-order valence-corrected chi connectivity index (χ3v) is 6.68. The quantitative estimate of drug-likeness (QED) is 0.685. The minimum absolute atomic E-state index is 0.222. The van der Waals surface area contributed by atoms with E-state index in [4.69, 9.17) is 0 Å². The molecule has 0 bridgehead atoms. The molecule has 0 saturated carbocycles. The third-order valence-electron chi connectivity index (χ3n) is 4.71. The van der Waals surface area contributed by atoms with Crippen molar-refractivity contribution in [3.8, 4) is 0 Å². The molecule has 2 heterocycles. The molecule has 118 valence electrons. The monoisotopic (exact) mass is 418 g/mol. The maximum atomic E-state index is 4.00. The van der Waals surface area contributed by atoms with Crippen molar-refractivity contribution in [3.05, 3.63) is 19.4 Å². The average molecular weight is 418 g/mol. The van der Waals surface area contributed by atoms with Gasteiger partial charge in [-0.25, -0.2) is 0 Å². The van der Waals surface area contributed by atoms with Gasteiger partial charge in [0.25, 0.3) is 0 Å². The first kappa shape index (κ1) is 16.2. The minimum Gasteiger partial charge on any atom is -0.307 e. The summed E-state index contributed by atoms with van der Waals surface area (Å²) in [6.45, 7) is 9.34. The Labute approximate surface area is 146 Å². The summed E-state index contributed by atoms with van der Waals surface area (Å²) in [4.78, 5) is 1.62. The summed E-state index contributed by atoms with van der Waals surface area (Å²) >= 11 is 4.46. The normalized spacial score (nSPS) is 28.3. The molecule has 4 heteroatoms. The van der Waals surface area contributed by atoms with Crippen LogP contribution in [-0.4, -0.2) is 17.1 Å². The van der Waals surface area contributed by atoms with Crippen LogP contribution in [-0.2, 0) is 6.42 Å². The number of rotatable bonds is 2. The van der Waals surface area contributed by atoms with Crippen molar-refractivity contribution in [1.82, 2.24) is 10.6 Å². The average Bonchev–Trinajstić information content (AvgIpc) is 2.66. The Morgan fingerprint density at radius 1 is 1.24 bits per heavy atom. The predicted octanol–water partition coefficient (Wildman–Crippen LogP) is 4.63. The Bertz CT molecular complexity index is 505. The van der Waals surface area contributed by atoms with Gasteiger partial charge in [0, 0.05) is 28.0 Å². The Morgan fingerprint density at radius 3 is 2.57 bits per heavy atom. The van der Waals surface area contributed by atoms with Crippen LogP contribution in [0.15, 0.2) is 6.07 Å². The van der Waals surface area contributed by atoms with Crippen molar-refractivity contribution in [2.75, 3.05) is 0 Å². The molecule has 1 fully saturated rings. The highest BCUT2D eigenvalue weighted by molar-refractivity contribution is 14.1. The molecule has 0 aromatic carbocycles. The molecule has 0 spiro atoms. The summed E-state index contributed by atoms with van der Waals surface area (Å²) < 4.78 is 1.44. The maximum absolute atomic E-state index is 4.00. The van der Waals surface area contributed by atoms with E-state index in [2.05, 4.69) is 67.0 Å². The Kier molecular flexibility index (Phi) is 4.45. The van der Waals surface area contributed by atoms with Crippen LogP contribution in [0.2, 0.25) is 0 Å². The molecule has 1 atom stereocenters. The van der Waals surface area contributed by atoms with Crippen LogP contribution >= 0.6 is 33.9 Å². The second-order valence-electron chi connectivity index (χ2n) is 8.04. The van der Waals surface area contributed by atoms with Crippen molar-refractivity contribution in [1.29, 1.82) is 0 Å². The lowest BCUT2D eigenvalue weighted by molar-refractivity contribution is 0.137. The predicted molar refractivity (Wildman–Crippen MR) is 100 cm³/mol. The van der Waals surface area contributed by atoms with E-state index in [0.717, 1.165) is 0 Å². The number of piperidine rings is 1. The first-order valence-corrected chi connectivity index (χ1v) is 9.97. The fourth-order valence-electron chi connectivity index (χ4n) is 4.42. The summed E-state index contributed by atoms with van der Waals surface area (Å²) in [6, 6.07) is 3.60. The molecule has 2 aliphatic rings. The van der Waals surface area contributed by atoms with Gasteiger partial charge in [-0.1, -0.05) is 0 Å². The molecule has 21 heavy (non-hydrogen) atoms. The summed E-state index contributed by atoms with van der Waals surface area (Å²) in [5, 5.41) is 7.79. The number of thiophene rings is 1. The van der Waals surface area contributed by atoms with Crippen molar-refractivity contribution < 1.29 is 0 Å². The van der Waals surface area contributed by atoms with Gasteiger partial charge in [0.05, 0.1) is 2.88 Å². The molecule has 1 aromatic rings. The number of hydrogen-bond donors (Lipinski definition) is 2. The highest BCUT2D eigenvalue weighted by atomic mass is 127. The van der Waals surface area contributed by atoms with Crippen LogP contribution in [0.25, 0.3) is 0 Å². The molecule has 1 aliphatic heterocycles. The molecule has 1 saturated heterocycles. The Balaban J connectivity index is 1.75. The first-order valence-electron chi connectivity index (χ1n) is 8.08. The van der Waals surface area contributed by atoms with Gasteiger partial charge in [0.2, 0.25) is 0 Å². The van der Waals surface area contributed by atoms with E-state index >= 15 is 0 Å². The molecule has 1 aromatic heterocycles. The van der Waals surface area contributed by atoms with E-state index in [9.17, 15) is 0 Å². The van der Waals surface area contributed by atoms with Crippen LogP contribution < -0.4 is 10.6 Å². The molecular weight excluding hydrogens is 391 g/mol. The van der Waals surface area contributed by atoms with Crippen molar-refractivity contribution in [3.63, 3.8) is 0 Å². The van der Waals surface area contributed by atoms with Gasteiger partial charge in [-0.05, 0) is 94.0 Å². The minimum atomic E-state index is 0.222. The zero-order valence-electron chi connectivity index (χ0n) is 13.6. The summed E-state index contributed by atoms with van der Waals surface area (Å²) in [7, 11) is 0. The second kappa shape index (κ2) is 5.77. The van der Waals surface area contributed by atoms with Gasteiger partial charge in [0.1, 0.15) is 0 Å². The lowest BCUT2D eigenvalue weighted by Crippen LogP contribution is -2.61. The zero-order chi connectivity index (χ0) is 15.3. The number of nitrogens with one attached hydrogen (secondary N) is 2. The maximum Gasteiger partial charge on any atom is 0.0659 e.